The van der Waals surface area contributed by atoms with Gasteiger partial charge in [0, 0.05) is 16.8 Å². The molecular formula is C13H8BrClN2O2. The van der Waals surface area contributed by atoms with Crippen molar-refractivity contribution in [1.82, 2.24) is 0 Å². The third-order valence-electron chi connectivity index (χ3n) is 2.36. The second-order valence-corrected chi connectivity index (χ2v) is 5.03. The number of rotatable bonds is 3. The second-order valence-electron chi connectivity index (χ2n) is 3.70. The van der Waals surface area contributed by atoms with Crippen molar-refractivity contribution in [2.24, 2.45) is 4.99 Å². The minimum absolute atomic E-state index is 0.116. The van der Waals surface area contributed by atoms with Gasteiger partial charge in [-0.15, -0.1) is 0 Å². The van der Waals surface area contributed by atoms with Crippen molar-refractivity contribution in [2.75, 3.05) is 0 Å². The Bertz CT molecular complexity index is 642. The van der Waals surface area contributed by atoms with E-state index < -0.39 is 4.92 Å². The normalized spacial score (nSPS) is 10.8. The van der Waals surface area contributed by atoms with E-state index in [1.807, 2.05) is 24.3 Å². The van der Waals surface area contributed by atoms with Crippen LogP contribution in [0.15, 0.2) is 51.9 Å². The molecule has 2 rings (SSSR count). The molecule has 0 saturated carbocycles. The zero-order valence-electron chi connectivity index (χ0n) is 9.59. The van der Waals surface area contributed by atoms with E-state index in [0.29, 0.717) is 5.56 Å². The maximum atomic E-state index is 10.8. The highest BCUT2D eigenvalue weighted by molar-refractivity contribution is 9.10. The lowest BCUT2D eigenvalue weighted by molar-refractivity contribution is -0.384. The van der Waals surface area contributed by atoms with Gasteiger partial charge in [0.2, 0.25) is 0 Å². The number of nitrogens with zero attached hydrogens (tertiary/aromatic N) is 2. The maximum Gasteiger partial charge on any atom is 0.288 e. The van der Waals surface area contributed by atoms with Crippen LogP contribution in [-0.2, 0) is 0 Å². The van der Waals surface area contributed by atoms with Crippen LogP contribution >= 0.6 is 27.5 Å². The molecular weight excluding hydrogens is 332 g/mol. The van der Waals surface area contributed by atoms with Crippen LogP contribution in [0.3, 0.4) is 0 Å². The summed E-state index contributed by atoms with van der Waals surface area (Å²) in [5, 5.41) is 10.9. The van der Waals surface area contributed by atoms with Gasteiger partial charge in [0.05, 0.1) is 10.6 Å². The first-order valence-corrected chi connectivity index (χ1v) is 6.47. The molecule has 0 bridgehead atoms. The van der Waals surface area contributed by atoms with Crippen LogP contribution < -0.4 is 0 Å². The van der Waals surface area contributed by atoms with Crippen LogP contribution in [0.2, 0.25) is 5.02 Å². The van der Waals surface area contributed by atoms with E-state index in [0.717, 1.165) is 10.2 Å². The molecule has 0 aromatic heterocycles. The summed E-state index contributed by atoms with van der Waals surface area (Å²) >= 11 is 9.07. The Balaban J connectivity index is 2.26. The topological polar surface area (TPSA) is 55.5 Å². The van der Waals surface area contributed by atoms with E-state index in [-0.39, 0.29) is 10.7 Å². The molecule has 0 aliphatic rings. The quantitative estimate of drug-likeness (QED) is 0.460. The van der Waals surface area contributed by atoms with Gasteiger partial charge in [-0.05, 0) is 35.9 Å². The third kappa shape index (κ3) is 3.62. The number of halogens is 2. The molecule has 0 atom stereocenters. The van der Waals surface area contributed by atoms with Gasteiger partial charge in [-0.25, -0.2) is 0 Å². The van der Waals surface area contributed by atoms with Crippen molar-refractivity contribution >= 4 is 45.1 Å². The Morgan fingerprint density at radius 1 is 1.21 bits per heavy atom. The Morgan fingerprint density at radius 2 is 1.89 bits per heavy atom. The Labute approximate surface area is 123 Å². The molecule has 0 aliphatic heterocycles. The average Bonchev–Trinajstić information content (AvgIpc) is 2.39. The minimum atomic E-state index is -0.515. The number of hydrogen-bond acceptors (Lipinski definition) is 3. The van der Waals surface area contributed by atoms with E-state index in [4.69, 9.17) is 11.6 Å². The fraction of sp³-hybridized carbons (Fsp3) is 0. The van der Waals surface area contributed by atoms with Gasteiger partial charge in [0.25, 0.3) is 5.69 Å². The molecule has 0 N–H and O–H groups in total. The molecule has 0 aliphatic carbocycles. The number of nitro groups is 1. The van der Waals surface area contributed by atoms with E-state index in [9.17, 15) is 10.1 Å². The lowest BCUT2D eigenvalue weighted by Gasteiger charge is -1.97. The molecule has 0 heterocycles. The third-order valence-corrected chi connectivity index (χ3v) is 3.20. The molecule has 0 amide bonds. The Kier molecular flexibility index (Phi) is 4.29. The molecule has 0 spiro atoms. The highest BCUT2D eigenvalue weighted by Gasteiger charge is 2.11. The summed E-state index contributed by atoms with van der Waals surface area (Å²) < 4.78 is 0.966. The van der Waals surface area contributed by atoms with Crippen molar-refractivity contribution in [2.45, 2.75) is 0 Å². The second kappa shape index (κ2) is 5.95. The van der Waals surface area contributed by atoms with Crippen LogP contribution in [0.1, 0.15) is 5.56 Å². The van der Waals surface area contributed by atoms with Gasteiger partial charge in [-0.3, -0.25) is 15.1 Å². The van der Waals surface area contributed by atoms with Gasteiger partial charge in [0.1, 0.15) is 5.02 Å². The van der Waals surface area contributed by atoms with Crippen molar-refractivity contribution in [3.8, 4) is 0 Å². The minimum Gasteiger partial charge on any atom is -0.258 e. The van der Waals surface area contributed by atoms with Crippen molar-refractivity contribution < 1.29 is 4.92 Å². The molecule has 6 heteroatoms. The predicted molar refractivity (Wildman–Crippen MR) is 79.5 cm³/mol. The molecule has 0 saturated heterocycles. The summed E-state index contributed by atoms with van der Waals surface area (Å²) in [6, 6.07) is 12.0. The summed E-state index contributed by atoms with van der Waals surface area (Å²) in [6.07, 6.45) is 1.56. The summed E-state index contributed by atoms with van der Waals surface area (Å²) in [5.74, 6) is 0. The lowest BCUT2D eigenvalue weighted by Crippen LogP contribution is -1.91. The lowest BCUT2D eigenvalue weighted by atomic mass is 10.2. The van der Waals surface area contributed by atoms with E-state index in [2.05, 4.69) is 20.9 Å². The number of aliphatic imine (C=N–C) groups is 1. The van der Waals surface area contributed by atoms with Crippen molar-refractivity contribution in [3.63, 3.8) is 0 Å². The van der Waals surface area contributed by atoms with Gasteiger partial charge in [-0.1, -0.05) is 33.6 Å². The summed E-state index contributed by atoms with van der Waals surface area (Å²) in [6.45, 7) is 0. The molecule has 96 valence electrons. The van der Waals surface area contributed by atoms with E-state index >= 15 is 0 Å². The number of nitro benzene ring substituents is 1. The van der Waals surface area contributed by atoms with Crippen LogP contribution in [-0.4, -0.2) is 11.1 Å². The summed E-state index contributed by atoms with van der Waals surface area (Å²) in [4.78, 5) is 14.5. The molecule has 4 nitrogen and oxygen atoms in total. The van der Waals surface area contributed by atoms with Gasteiger partial charge in [0.15, 0.2) is 0 Å². The standard InChI is InChI=1S/C13H8BrClN2O2/c14-10-2-4-11(5-3-10)16-8-9-1-6-12(15)13(7-9)17(18)19/h1-8H. The predicted octanol–water partition coefficient (Wildman–Crippen LogP) is 4.76. The monoisotopic (exact) mass is 338 g/mol. The van der Waals surface area contributed by atoms with Gasteiger partial charge >= 0.3 is 0 Å². The summed E-state index contributed by atoms with van der Waals surface area (Å²) in [7, 11) is 0. The van der Waals surface area contributed by atoms with Gasteiger partial charge < -0.3 is 0 Å². The molecule has 0 fully saturated rings. The Hall–Kier alpha value is -1.72. The fourth-order valence-electron chi connectivity index (χ4n) is 1.43. The maximum absolute atomic E-state index is 10.8. The number of hydrogen-bond donors (Lipinski definition) is 0. The van der Waals surface area contributed by atoms with Crippen LogP contribution in [0.5, 0.6) is 0 Å². The van der Waals surface area contributed by atoms with Crippen molar-refractivity contribution in [3.05, 3.63) is 67.6 Å². The Morgan fingerprint density at radius 3 is 2.53 bits per heavy atom. The first-order chi connectivity index (χ1) is 9.06. The van der Waals surface area contributed by atoms with Crippen molar-refractivity contribution in [1.29, 1.82) is 0 Å². The van der Waals surface area contributed by atoms with Gasteiger partial charge in [-0.2, -0.15) is 0 Å². The first kappa shape index (κ1) is 13.7. The first-order valence-electron chi connectivity index (χ1n) is 5.30. The summed E-state index contributed by atoms with van der Waals surface area (Å²) in [5.41, 5.74) is 1.27. The van der Waals surface area contributed by atoms with Crippen LogP contribution in [0, 0.1) is 10.1 Å². The molecule has 0 unspecified atom stereocenters. The molecule has 2 aromatic rings. The number of benzene rings is 2. The van der Waals surface area contributed by atoms with Crippen LogP contribution in [0.25, 0.3) is 0 Å². The van der Waals surface area contributed by atoms with E-state index in [1.54, 1.807) is 12.3 Å². The highest BCUT2D eigenvalue weighted by Crippen LogP contribution is 2.24. The van der Waals surface area contributed by atoms with Crippen LogP contribution in [0.4, 0.5) is 11.4 Å². The highest BCUT2D eigenvalue weighted by atomic mass is 79.9. The average molecular weight is 340 g/mol. The zero-order valence-corrected chi connectivity index (χ0v) is 11.9. The smallest absolute Gasteiger partial charge is 0.258 e. The molecule has 19 heavy (non-hydrogen) atoms. The molecule has 0 radical (unpaired) electrons. The largest absolute Gasteiger partial charge is 0.288 e. The zero-order chi connectivity index (χ0) is 13.8. The SMILES string of the molecule is O=[N+]([O-])c1cc(C=Nc2ccc(Br)cc2)ccc1Cl. The molecule has 2 aromatic carbocycles. The fourth-order valence-corrected chi connectivity index (χ4v) is 1.88. The van der Waals surface area contributed by atoms with E-state index in [1.165, 1.54) is 12.1 Å².